The molecule has 0 saturated carbocycles. The van der Waals surface area contributed by atoms with E-state index in [1.54, 1.807) is 13.8 Å². The molecule has 0 aliphatic carbocycles. The zero-order valence-electron chi connectivity index (χ0n) is 21.5. The Morgan fingerprint density at radius 1 is 1.08 bits per heavy atom. The summed E-state index contributed by atoms with van der Waals surface area (Å²) in [4.78, 5) is 0. The molecule has 0 aliphatic rings. The molecule has 0 aliphatic heterocycles. The lowest BCUT2D eigenvalue weighted by Gasteiger charge is -2.35. The number of halogens is 9. The van der Waals surface area contributed by atoms with Crippen LogP contribution in [0.1, 0.15) is 71.3 Å². The van der Waals surface area contributed by atoms with Crippen LogP contribution in [0.4, 0.5) is 35.1 Å². The van der Waals surface area contributed by atoms with Gasteiger partial charge in [-0.2, -0.15) is 26.3 Å². The van der Waals surface area contributed by atoms with E-state index in [1.165, 1.54) is 19.1 Å². The van der Waals surface area contributed by atoms with Gasteiger partial charge in [0.15, 0.2) is 5.60 Å². The molecule has 0 amide bonds. The van der Waals surface area contributed by atoms with Gasteiger partial charge in [-0.1, -0.05) is 51.1 Å². The van der Waals surface area contributed by atoms with Crippen molar-refractivity contribution in [2.45, 2.75) is 89.1 Å². The van der Waals surface area contributed by atoms with E-state index in [9.17, 15) is 40.2 Å². The lowest BCUT2D eigenvalue weighted by Crippen LogP contribution is -2.46. The van der Waals surface area contributed by atoms with Gasteiger partial charge in [0.25, 0.3) is 0 Å². The van der Waals surface area contributed by atoms with E-state index in [2.05, 4.69) is 6.58 Å². The van der Waals surface area contributed by atoms with Crippen LogP contribution in [-0.4, -0.2) is 29.7 Å². The van der Waals surface area contributed by atoms with E-state index >= 15 is 0 Å². The number of benzene rings is 1. The van der Waals surface area contributed by atoms with Gasteiger partial charge in [-0.15, -0.1) is 0 Å². The Hall–Kier alpha value is -2.07. The highest BCUT2D eigenvalue weighted by atomic mass is 35.5. The summed E-state index contributed by atoms with van der Waals surface area (Å²) in [5.41, 5.74) is -4.03. The molecule has 0 aromatic heterocycles. The van der Waals surface area contributed by atoms with Gasteiger partial charge in [0.1, 0.15) is 24.0 Å². The van der Waals surface area contributed by atoms with E-state index in [0.717, 1.165) is 12.1 Å². The van der Waals surface area contributed by atoms with Crippen LogP contribution in [0, 0.1) is 5.82 Å². The van der Waals surface area contributed by atoms with Crippen LogP contribution in [0.5, 0.6) is 5.75 Å². The second kappa shape index (κ2) is 13.8. The molecule has 0 heterocycles. The van der Waals surface area contributed by atoms with Crippen LogP contribution < -0.4 is 4.74 Å². The molecule has 1 unspecified atom stereocenters. The van der Waals surface area contributed by atoms with Gasteiger partial charge in [-0.05, 0) is 61.3 Å². The average Bonchev–Trinajstić information content (AvgIpc) is 2.80. The molecular formula is C27H33ClF8O2. The zero-order valence-corrected chi connectivity index (χ0v) is 22.3. The van der Waals surface area contributed by atoms with Crippen LogP contribution in [0.25, 0.3) is 0 Å². The van der Waals surface area contributed by atoms with Crippen molar-refractivity contribution in [1.82, 2.24) is 0 Å². The maximum atomic E-state index is 14.6. The molecule has 0 spiro atoms. The second-order valence-electron chi connectivity index (χ2n) is 9.66. The van der Waals surface area contributed by atoms with E-state index in [0.29, 0.717) is 11.6 Å². The van der Waals surface area contributed by atoms with E-state index in [-0.39, 0.29) is 30.8 Å². The van der Waals surface area contributed by atoms with Crippen molar-refractivity contribution < 1.29 is 45.0 Å². The standard InChI is InChI=1S/C27H33ClF8O2/c1-5-15-38-23-8-7-20(29)17-21(23)24(3,4)13-14-25(37,27(34,35)36)11-9-18(6-2)22(30)16-19(28)10-12-26(31,32)33/h5,7-8,10,17,37H,1,6,9,11-16H2,2-4H3/b19-10+,22-18-. The molecule has 11 heteroatoms. The Kier molecular flexibility index (Phi) is 12.4. The highest BCUT2D eigenvalue weighted by Crippen LogP contribution is 2.44. The Balaban J connectivity index is 3.11. The third-order valence-corrected chi connectivity index (χ3v) is 6.54. The van der Waals surface area contributed by atoms with Crippen molar-refractivity contribution in [3.05, 3.63) is 64.7 Å². The van der Waals surface area contributed by atoms with E-state index in [1.807, 2.05) is 0 Å². The minimum absolute atomic E-state index is 0.0258. The first-order valence-corrected chi connectivity index (χ1v) is 12.3. The third-order valence-electron chi connectivity index (χ3n) is 6.25. The largest absolute Gasteiger partial charge is 0.489 e. The Morgan fingerprint density at radius 2 is 1.71 bits per heavy atom. The van der Waals surface area contributed by atoms with E-state index in [4.69, 9.17) is 16.3 Å². The molecule has 216 valence electrons. The second-order valence-corrected chi connectivity index (χ2v) is 10.1. The number of hydrogen-bond donors (Lipinski definition) is 1. The molecule has 1 aromatic rings. The van der Waals surface area contributed by atoms with Crippen molar-refractivity contribution in [2.24, 2.45) is 0 Å². The van der Waals surface area contributed by atoms with E-state index < -0.39 is 72.1 Å². The molecule has 0 saturated heterocycles. The molecule has 0 bridgehead atoms. The number of alkyl halides is 6. The molecule has 1 rings (SSSR count). The van der Waals surface area contributed by atoms with Crippen LogP contribution in [0.15, 0.2) is 53.4 Å². The summed E-state index contributed by atoms with van der Waals surface area (Å²) in [5, 5.41) is 10.2. The van der Waals surface area contributed by atoms with Crippen molar-refractivity contribution >= 4 is 11.6 Å². The van der Waals surface area contributed by atoms with Crippen LogP contribution in [-0.2, 0) is 5.41 Å². The minimum atomic E-state index is -5.06. The summed E-state index contributed by atoms with van der Waals surface area (Å²) >= 11 is 5.67. The normalized spacial score (nSPS) is 15.7. The number of aliphatic hydroxyl groups is 1. The number of ether oxygens (including phenoxy) is 1. The Labute approximate surface area is 223 Å². The van der Waals surface area contributed by atoms with Crippen molar-refractivity contribution in [3.8, 4) is 5.75 Å². The predicted molar refractivity (Wildman–Crippen MR) is 132 cm³/mol. The summed E-state index contributed by atoms with van der Waals surface area (Å²) < 4.78 is 113. The van der Waals surface area contributed by atoms with Crippen LogP contribution >= 0.6 is 11.6 Å². The van der Waals surface area contributed by atoms with Crippen LogP contribution in [0.3, 0.4) is 0 Å². The maximum Gasteiger partial charge on any atom is 0.417 e. The summed E-state index contributed by atoms with van der Waals surface area (Å²) in [6, 6.07) is 3.68. The van der Waals surface area contributed by atoms with Crippen molar-refractivity contribution in [2.75, 3.05) is 6.61 Å². The summed E-state index contributed by atoms with van der Waals surface area (Å²) in [7, 11) is 0. The first-order valence-electron chi connectivity index (χ1n) is 12.0. The number of hydrogen-bond acceptors (Lipinski definition) is 2. The van der Waals surface area contributed by atoms with Gasteiger partial charge in [0.2, 0.25) is 0 Å². The summed E-state index contributed by atoms with van der Waals surface area (Å²) in [6.07, 6.45) is -12.0. The average molecular weight is 577 g/mol. The summed E-state index contributed by atoms with van der Waals surface area (Å²) in [5.74, 6) is -1.29. The molecule has 0 fully saturated rings. The Bertz CT molecular complexity index is 996. The monoisotopic (exact) mass is 576 g/mol. The van der Waals surface area contributed by atoms with Crippen LogP contribution in [0.2, 0.25) is 0 Å². The number of rotatable bonds is 14. The SMILES string of the molecule is C=CCOc1ccc(F)cc1C(C)(C)CCC(O)(CC/C(CC)=C(\F)C/C(Cl)=C\CC(F)(F)F)C(F)(F)F. The highest BCUT2D eigenvalue weighted by molar-refractivity contribution is 6.29. The van der Waals surface area contributed by atoms with Gasteiger partial charge in [0, 0.05) is 17.0 Å². The Morgan fingerprint density at radius 3 is 2.24 bits per heavy atom. The van der Waals surface area contributed by atoms with Gasteiger partial charge in [-0.25, -0.2) is 8.78 Å². The smallest absolute Gasteiger partial charge is 0.417 e. The fourth-order valence-corrected chi connectivity index (χ4v) is 4.00. The highest BCUT2D eigenvalue weighted by Gasteiger charge is 2.53. The molecule has 38 heavy (non-hydrogen) atoms. The first kappa shape index (κ1) is 34.0. The molecule has 2 nitrogen and oxygen atoms in total. The molecule has 1 aromatic carbocycles. The molecule has 0 radical (unpaired) electrons. The molecular weight excluding hydrogens is 544 g/mol. The van der Waals surface area contributed by atoms with Crippen molar-refractivity contribution in [1.29, 1.82) is 0 Å². The van der Waals surface area contributed by atoms with Gasteiger partial charge in [-0.3, -0.25) is 0 Å². The van der Waals surface area contributed by atoms with Gasteiger partial charge < -0.3 is 9.84 Å². The van der Waals surface area contributed by atoms with Gasteiger partial charge in [0.05, 0.1) is 6.42 Å². The van der Waals surface area contributed by atoms with Crippen molar-refractivity contribution in [3.63, 3.8) is 0 Å². The topological polar surface area (TPSA) is 29.5 Å². The predicted octanol–water partition coefficient (Wildman–Crippen LogP) is 9.62. The number of allylic oxidation sites excluding steroid dienone is 4. The quantitative estimate of drug-likeness (QED) is 0.176. The molecule has 1 atom stereocenters. The maximum absolute atomic E-state index is 14.6. The zero-order chi connectivity index (χ0) is 29.4. The minimum Gasteiger partial charge on any atom is -0.489 e. The fraction of sp³-hybridized carbons (Fsp3) is 0.556. The summed E-state index contributed by atoms with van der Waals surface area (Å²) in [6.45, 7) is 8.27. The fourth-order valence-electron chi connectivity index (χ4n) is 3.80. The lowest BCUT2D eigenvalue weighted by molar-refractivity contribution is -0.265. The van der Waals surface area contributed by atoms with Gasteiger partial charge >= 0.3 is 12.4 Å². The molecule has 1 N–H and O–H groups in total. The third kappa shape index (κ3) is 10.6. The first-order chi connectivity index (χ1) is 17.3. The lowest BCUT2D eigenvalue weighted by atomic mass is 9.76.